The van der Waals surface area contributed by atoms with Gasteiger partial charge in [0.1, 0.15) is 5.75 Å². The van der Waals surface area contributed by atoms with Crippen molar-refractivity contribution in [1.82, 2.24) is 0 Å². The van der Waals surface area contributed by atoms with E-state index in [0.29, 0.717) is 6.04 Å². The van der Waals surface area contributed by atoms with E-state index in [-0.39, 0.29) is 0 Å². The Morgan fingerprint density at radius 3 is 2.58 bits per heavy atom. The number of anilines is 1. The van der Waals surface area contributed by atoms with Crippen LogP contribution < -0.4 is 10.1 Å². The Balaban J connectivity index is 2.37. The Bertz CT molecular complexity index is 362. The Morgan fingerprint density at radius 2 is 1.89 bits per heavy atom. The molecule has 0 bridgehead atoms. The molecule has 1 aromatic carbocycles. The van der Waals surface area contributed by atoms with E-state index in [2.05, 4.69) is 44.3 Å². The lowest BCUT2D eigenvalue weighted by atomic mass is 10.1. The Labute approximate surface area is 118 Å². The number of rotatable bonds is 9. The van der Waals surface area contributed by atoms with E-state index in [9.17, 15) is 0 Å². The molecule has 1 unspecified atom stereocenters. The van der Waals surface area contributed by atoms with Gasteiger partial charge in [-0.05, 0) is 38.0 Å². The van der Waals surface area contributed by atoms with Gasteiger partial charge in [0.15, 0.2) is 0 Å². The molecular weight excluding hydrogens is 234 g/mol. The van der Waals surface area contributed by atoms with Gasteiger partial charge < -0.3 is 10.1 Å². The molecule has 0 saturated heterocycles. The molecule has 1 rings (SSSR count). The predicted molar refractivity (Wildman–Crippen MR) is 84.2 cm³/mol. The number of unbranched alkanes of at least 4 members (excludes halogenated alkanes) is 4. The van der Waals surface area contributed by atoms with Crippen LogP contribution in [0, 0.1) is 6.92 Å². The van der Waals surface area contributed by atoms with Gasteiger partial charge in [0.25, 0.3) is 0 Å². The van der Waals surface area contributed by atoms with Crippen LogP contribution in [0.15, 0.2) is 18.2 Å². The van der Waals surface area contributed by atoms with Crippen molar-refractivity contribution >= 4 is 5.69 Å². The number of nitrogens with one attached hydrogen (secondary N) is 1. The predicted octanol–water partition coefficient (Wildman–Crippen LogP) is 5.16. The molecule has 0 aliphatic rings. The van der Waals surface area contributed by atoms with Crippen LogP contribution in [0.25, 0.3) is 0 Å². The smallest absolute Gasteiger partial charge is 0.142 e. The van der Waals surface area contributed by atoms with E-state index in [0.717, 1.165) is 11.4 Å². The maximum Gasteiger partial charge on any atom is 0.142 e. The van der Waals surface area contributed by atoms with E-state index < -0.39 is 0 Å². The van der Waals surface area contributed by atoms with Crippen LogP contribution in [0.3, 0.4) is 0 Å². The lowest BCUT2D eigenvalue weighted by Gasteiger charge is -2.18. The van der Waals surface area contributed by atoms with Gasteiger partial charge in [-0.25, -0.2) is 0 Å². The molecule has 0 fully saturated rings. The molecule has 1 aromatic rings. The molecule has 0 aliphatic carbocycles. The number of hydrogen-bond donors (Lipinski definition) is 1. The van der Waals surface area contributed by atoms with Crippen molar-refractivity contribution in [3.63, 3.8) is 0 Å². The van der Waals surface area contributed by atoms with Crippen LogP contribution in [0.5, 0.6) is 5.75 Å². The van der Waals surface area contributed by atoms with Crippen molar-refractivity contribution in [2.24, 2.45) is 0 Å². The molecule has 0 aromatic heterocycles. The molecule has 0 spiro atoms. The molecule has 108 valence electrons. The quantitative estimate of drug-likeness (QED) is 0.621. The standard InChI is InChI=1S/C17H29NO/c1-5-6-7-8-9-10-15(3)18-16-12-11-14(2)13-17(16)19-4/h11-13,15,18H,5-10H2,1-4H3. The number of benzene rings is 1. The summed E-state index contributed by atoms with van der Waals surface area (Å²) in [4.78, 5) is 0. The number of ether oxygens (including phenoxy) is 1. The third kappa shape index (κ3) is 6.00. The SMILES string of the molecule is CCCCCCCC(C)Nc1ccc(C)cc1OC. The van der Waals surface area contributed by atoms with E-state index in [1.165, 1.54) is 44.1 Å². The van der Waals surface area contributed by atoms with Crippen LogP contribution in [0.1, 0.15) is 57.9 Å². The fourth-order valence-corrected chi connectivity index (χ4v) is 2.31. The van der Waals surface area contributed by atoms with Crippen LogP contribution in [0.2, 0.25) is 0 Å². The maximum atomic E-state index is 5.42. The van der Waals surface area contributed by atoms with Gasteiger partial charge >= 0.3 is 0 Å². The van der Waals surface area contributed by atoms with Gasteiger partial charge in [0, 0.05) is 6.04 Å². The largest absolute Gasteiger partial charge is 0.495 e. The number of hydrogen-bond acceptors (Lipinski definition) is 2. The summed E-state index contributed by atoms with van der Waals surface area (Å²) in [6.07, 6.45) is 7.94. The third-order valence-electron chi connectivity index (χ3n) is 3.50. The average Bonchev–Trinajstić information content (AvgIpc) is 2.40. The minimum atomic E-state index is 0.498. The Kier molecular flexibility index (Phi) is 7.39. The molecule has 1 atom stereocenters. The summed E-state index contributed by atoms with van der Waals surface area (Å²) < 4.78 is 5.42. The van der Waals surface area contributed by atoms with Gasteiger partial charge in [-0.1, -0.05) is 45.1 Å². The molecule has 0 radical (unpaired) electrons. The summed E-state index contributed by atoms with van der Waals surface area (Å²) >= 11 is 0. The number of aryl methyl sites for hydroxylation is 1. The van der Waals surface area contributed by atoms with Crippen molar-refractivity contribution in [2.75, 3.05) is 12.4 Å². The van der Waals surface area contributed by atoms with Crippen molar-refractivity contribution in [2.45, 2.75) is 65.3 Å². The first-order valence-corrected chi connectivity index (χ1v) is 7.58. The van der Waals surface area contributed by atoms with E-state index in [4.69, 9.17) is 4.74 Å². The average molecular weight is 263 g/mol. The second kappa shape index (κ2) is 8.84. The van der Waals surface area contributed by atoms with Crippen LogP contribution in [-0.2, 0) is 0 Å². The van der Waals surface area contributed by atoms with Crippen LogP contribution >= 0.6 is 0 Å². The highest BCUT2D eigenvalue weighted by atomic mass is 16.5. The van der Waals surface area contributed by atoms with Crippen molar-refractivity contribution in [3.05, 3.63) is 23.8 Å². The molecule has 2 heteroatoms. The number of methoxy groups -OCH3 is 1. The monoisotopic (exact) mass is 263 g/mol. The minimum absolute atomic E-state index is 0.498. The normalized spacial score (nSPS) is 12.2. The summed E-state index contributed by atoms with van der Waals surface area (Å²) in [6, 6.07) is 6.81. The summed E-state index contributed by atoms with van der Waals surface area (Å²) in [5, 5.41) is 3.55. The van der Waals surface area contributed by atoms with Gasteiger partial charge in [-0.3, -0.25) is 0 Å². The first kappa shape index (κ1) is 15.9. The molecule has 0 saturated carbocycles. The van der Waals surface area contributed by atoms with E-state index >= 15 is 0 Å². The van der Waals surface area contributed by atoms with Crippen LogP contribution in [-0.4, -0.2) is 13.2 Å². The summed E-state index contributed by atoms with van der Waals surface area (Å²) in [5.74, 6) is 0.942. The highest BCUT2D eigenvalue weighted by Gasteiger charge is 2.07. The molecule has 0 aliphatic heterocycles. The Morgan fingerprint density at radius 1 is 1.16 bits per heavy atom. The summed E-state index contributed by atoms with van der Waals surface area (Å²) in [7, 11) is 1.73. The minimum Gasteiger partial charge on any atom is -0.495 e. The zero-order valence-electron chi connectivity index (χ0n) is 13.0. The first-order chi connectivity index (χ1) is 9.17. The molecule has 0 amide bonds. The molecule has 19 heavy (non-hydrogen) atoms. The van der Waals surface area contributed by atoms with E-state index in [1.54, 1.807) is 7.11 Å². The summed E-state index contributed by atoms with van der Waals surface area (Å²) in [5.41, 5.74) is 2.34. The third-order valence-corrected chi connectivity index (χ3v) is 3.50. The lowest BCUT2D eigenvalue weighted by Crippen LogP contribution is -2.15. The second-order valence-corrected chi connectivity index (χ2v) is 5.45. The topological polar surface area (TPSA) is 21.3 Å². The fourth-order valence-electron chi connectivity index (χ4n) is 2.31. The fraction of sp³-hybridized carbons (Fsp3) is 0.647. The van der Waals surface area contributed by atoms with E-state index in [1.807, 2.05) is 0 Å². The molecule has 0 heterocycles. The maximum absolute atomic E-state index is 5.42. The zero-order valence-corrected chi connectivity index (χ0v) is 13.0. The van der Waals surface area contributed by atoms with Gasteiger partial charge in [0.05, 0.1) is 12.8 Å². The zero-order chi connectivity index (χ0) is 14.1. The first-order valence-electron chi connectivity index (χ1n) is 7.58. The lowest BCUT2D eigenvalue weighted by molar-refractivity contribution is 0.415. The molecule has 2 nitrogen and oxygen atoms in total. The molecule has 1 N–H and O–H groups in total. The summed E-state index contributed by atoms with van der Waals surface area (Å²) in [6.45, 7) is 6.59. The van der Waals surface area contributed by atoms with Gasteiger partial charge in [0.2, 0.25) is 0 Å². The van der Waals surface area contributed by atoms with Gasteiger partial charge in [-0.15, -0.1) is 0 Å². The van der Waals surface area contributed by atoms with Crippen molar-refractivity contribution in [1.29, 1.82) is 0 Å². The second-order valence-electron chi connectivity index (χ2n) is 5.45. The van der Waals surface area contributed by atoms with Crippen LogP contribution in [0.4, 0.5) is 5.69 Å². The molecular formula is C17H29NO. The highest BCUT2D eigenvalue weighted by molar-refractivity contribution is 5.58. The van der Waals surface area contributed by atoms with Crippen molar-refractivity contribution in [3.8, 4) is 5.75 Å². The van der Waals surface area contributed by atoms with Gasteiger partial charge in [-0.2, -0.15) is 0 Å². The van der Waals surface area contributed by atoms with Crippen molar-refractivity contribution < 1.29 is 4.74 Å². The highest BCUT2D eigenvalue weighted by Crippen LogP contribution is 2.26. The Hall–Kier alpha value is -1.18.